The molecule has 0 aliphatic rings. The molecule has 0 saturated heterocycles. The smallest absolute Gasteiger partial charge is 1.00 e. The second kappa shape index (κ2) is 27.4. The van der Waals surface area contributed by atoms with Crippen LogP contribution in [0.3, 0.4) is 0 Å². The normalized spacial score (nSPS) is 0. The fourth-order valence-corrected chi connectivity index (χ4v) is 0. The Kier molecular flexibility index (Phi) is 232. The van der Waals surface area contributed by atoms with E-state index in [-0.39, 0.29) is 102 Å². The van der Waals surface area contributed by atoms with Gasteiger partial charge in [0.1, 0.15) is 0 Å². The summed E-state index contributed by atoms with van der Waals surface area (Å²) in [6, 6.07) is 0. The van der Waals surface area contributed by atoms with E-state index >= 15 is 0 Å². The Morgan fingerprint density at radius 2 is 0.800 bits per heavy atom. The molecule has 0 aromatic carbocycles. The van der Waals surface area contributed by atoms with Crippen molar-refractivity contribution < 1.29 is 79.2 Å². The Morgan fingerprint density at radius 3 is 0.800 bits per heavy atom. The maximum absolute atomic E-state index is 0. The van der Waals surface area contributed by atoms with Crippen molar-refractivity contribution in [3.05, 3.63) is 0 Å². The van der Waals surface area contributed by atoms with Gasteiger partial charge in [-0.1, -0.05) is 0 Å². The molecule has 0 unspecified atom stereocenters. The van der Waals surface area contributed by atoms with E-state index < -0.39 is 0 Å². The molecule has 0 N–H and O–H groups in total. The Balaban J connectivity index is 0. The maximum atomic E-state index is 0. The third-order valence-electron chi connectivity index (χ3n) is 0. The van der Waals surface area contributed by atoms with Crippen LogP contribution in [0.4, 0.5) is 0 Å². The van der Waals surface area contributed by atoms with Crippen LogP contribution in [0.2, 0.25) is 0 Å². The first-order valence-corrected chi connectivity index (χ1v) is 0. The monoisotopic (exact) mass is 320 g/mol. The predicted octanol–water partition coefficient (Wildman–Crippen LogP) is -12.4. The first kappa shape index (κ1) is 42.4. The minimum Gasteiger partial charge on any atom is -1.00 e. The van der Waals surface area contributed by atoms with Crippen molar-refractivity contribution in [3.63, 3.8) is 0 Å². The number of hydrogen-bond donors (Lipinski definition) is 0. The summed E-state index contributed by atoms with van der Waals surface area (Å²) >= 11 is 0. The van der Waals surface area contributed by atoms with Gasteiger partial charge in [-0.15, -0.1) is 0 Å². The van der Waals surface area contributed by atoms with Crippen molar-refractivity contribution >= 4 is 23.1 Å². The molecule has 0 bridgehead atoms. The third kappa shape index (κ3) is 19.2. The molecule has 0 aliphatic heterocycles. The van der Waals surface area contributed by atoms with Gasteiger partial charge in [-0.05, 0) is 0 Å². The van der Waals surface area contributed by atoms with Gasteiger partial charge in [0, 0.05) is 0 Å². The summed E-state index contributed by atoms with van der Waals surface area (Å²) < 4.78 is 0. The molecule has 0 saturated carbocycles. The molecule has 0 fully saturated rings. The van der Waals surface area contributed by atoms with Crippen LogP contribution in [-0.2, 0) is 0 Å². The van der Waals surface area contributed by atoms with Crippen LogP contribution in [0.25, 0.3) is 0 Å². The SMILES string of the molecule is [Cl-].[I-].[I-].[Li+].[Mg+2]. The summed E-state index contributed by atoms with van der Waals surface area (Å²) in [5.74, 6) is 0. The van der Waals surface area contributed by atoms with E-state index in [1.54, 1.807) is 0 Å². The number of hydrogen-bond acceptors (Lipinski definition) is 0. The minimum atomic E-state index is 0. The minimum absolute atomic E-state index is 0. The van der Waals surface area contributed by atoms with Gasteiger partial charge in [0.05, 0.1) is 0 Å². The second-order valence-corrected chi connectivity index (χ2v) is 0. The van der Waals surface area contributed by atoms with Crippen molar-refractivity contribution in [2.45, 2.75) is 0 Å². The molecule has 0 atom stereocenters. The van der Waals surface area contributed by atoms with Gasteiger partial charge in [-0.3, -0.25) is 0 Å². The third-order valence-corrected chi connectivity index (χ3v) is 0. The van der Waals surface area contributed by atoms with Crippen molar-refractivity contribution in [1.29, 1.82) is 0 Å². The van der Waals surface area contributed by atoms with E-state index in [2.05, 4.69) is 0 Å². The summed E-state index contributed by atoms with van der Waals surface area (Å²) in [5.41, 5.74) is 0. The second-order valence-electron chi connectivity index (χ2n) is 0. The van der Waals surface area contributed by atoms with Gasteiger partial charge in [-0.2, -0.15) is 0 Å². The summed E-state index contributed by atoms with van der Waals surface area (Å²) in [4.78, 5) is 0. The zero-order chi connectivity index (χ0) is 0. The summed E-state index contributed by atoms with van der Waals surface area (Å²) in [7, 11) is 0. The van der Waals surface area contributed by atoms with E-state index in [4.69, 9.17) is 0 Å². The zero-order valence-corrected chi connectivity index (χ0v) is 9.33. The molecule has 5 heavy (non-hydrogen) atoms. The molecule has 0 rings (SSSR count). The average Bonchev–Trinajstić information content (AvgIpc) is 0. The molecule has 0 radical (unpaired) electrons. The molecule has 0 amide bonds. The van der Waals surface area contributed by atoms with Gasteiger partial charge in [0.2, 0.25) is 0 Å². The molecule has 0 aromatic rings. The van der Waals surface area contributed by atoms with Gasteiger partial charge < -0.3 is 60.4 Å². The topological polar surface area (TPSA) is 0 Å². The molecule has 0 aromatic heterocycles. The maximum Gasteiger partial charge on any atom is 2.00 e. The molecule has 24 valence electrons. The van der Waals surface area contributed by atoms with Crippen LogP contribution < -0.4 is 79.2 Å². The molecular weight excluding hydrogens is 321 g/mol. The van der Waals surface area contributed by atoms with Crippen molar-refractivity contribution in [2.75, 3.05) is 0 Å². The van der Waals surface area contributed by atoms with E-state index in [1.807, 2.05) is 0 Å². The largest absolute Gasteiger partial charge is 2.00 e. The van der Waals surface area contributed by atoms with E-state index in [9.17, 15) is 0 Å². The van der Waals surface area contributed by atoms with Gasteiger partial charge in [0.15, 0.2) is 0 Å². The summed E-state index contributed by atoms with van der Waals surface area (Å²) in [6.45, 7) is 0. The fraction of sp³-hybridized carbons (Fsp3) is 0. The number of halogens is 3. The number of rotatable bonds is 0. The van der Waals surface area contributed by atoms with E-state index in [1.165, 1.54) is 0 Å². The molecule has 5 heteroatoms. The molecule has 0 nitrogen and oxygen atoms in total. The van der Waals surface area contributed by atoms with Crippen LogP contribution in [0.15, 0.2) is 0 Å². The zero-order valence-electron chi connectivity index (χ0n) is 2.84. The van der Waals surface area contributed by atoms with Crippen LogP contribution in [0.1, 0.15) is 0 Å². The molecular formula is ClI2LiMg. The first-order valence-electron chi connectivity index (χ1n) is 0. The van der Waals surface area contributed by atoms with E-state index in [0.29, 0.717) is 0 Å². The van der Waals surface area contributed by atoms with Crippen LogP contribution in [-0.4, -0.2) is 23.1 Å². The van der Waals surface area contributed by atoms with Crippen LogP contribution in [0.5, 0.6) is 0 Å². The predicted molar refractivity (Wildman–Crippen MR) is 5.75 cm³/mol. The average molecular weight is 321 g/mol. The summed E-state index contributed by atoms with van der Waals surface area (Å²) in [5, 5.41) is 0. The molecule has 0 heterocycles. The van der Waals surface area contributed by atoms with Gasteiger partial charge in [0.25, 0.3) is 0 Å². The van der Waals surface area contributed by atoms with Crippen molar-refractivity contribution in [2.24, 2.45) is 0 Å². The molecule has 0 spiro atoms. The Morgan fingerprint density at radius 1 is 0.800 bits per heavy atom. The fourth-order valence-electron chi connectivity index (χ4n) is 0. The Bertz CT molecular complexity index is 9.61. The van der Waals surface area contributed by atoms with Gasteiger partial charge >= 0.3 is 41.9 Å². The van der Waals surface area contributed by atoms with Gasteiger partial charge in [-0.25, -0.2) is 0 Å². The first-order chi connectivity index (χ1) is 0. The van der Waals surface area contributed by atoms with Crippen molar-refractivity contribution in [1.82, 2.24) is 0 Å². The Labute approximate surface area is 100 Å². The Hall–Kier alpha value is 3.11. The standard InChI is InChI=1S/ClH.2HI.Li.Mg/h3*1H;;/q;;;+1;+2/p-3. The molecule has 0 aliphatic carbocycles. The van der Waals surface area contributed by atoms with E-state index in [0.717, 1.165) is 0 Å². The summed E-state index contributed by atoms with van der Waals surface area (Å²) in [6.07, 6.45) is 0. The van der Waals surface area contributed by atoms with Crippen molar-refractivity contribution in [3.8, 4) is 0 Å². The van der Waals surface area contributed by atoms with Crippen LogP contribution >= 0.6 is 0 Å². The quantitative estimate of drug-likeness (QED) is 0.307. The van der Waals surface area contributed by atoms with Crippen LogP contribution in [0, 0.1) is 0 Å².